The molecule has 0 unspecified atom stereocenters. The summed E-state index contributed by atoms with van der Waals surface area (Å²) in [5.74, 6) is -1.15. The van der Waals surface area contributed by atoms with Gasteiger partial charge in [-0.1, -0.05) is 78.3 Å². The highest BCUT2D eigenvalue weighted by atomic mass is 35.5. The van der Waals surface area contributed by atoms with Crippen LogP contribution < -0.4 is 11.5 Å². The number of halogens is 1. The van der Waals surface area contributed by atoms with Gasteiger partial charge in [0.05, 0.1) is 6.42 Å². The van der Waals surface area contributed by atoms with E-state index in [1.165, 1.54) is 0 Å². The Labute approximate surface area is 244 Å². The molecular weight excluding hydrogens is 536 g/mol. The maximum atomic E-state index is 14.5. The zero-order valence-electron chi connectivity index (χ0n) is 22.9. The molecule has 0 spiro atoms. The summed E-state index contributed by atoms with van der Waals surface area (Å²) < 4.78 is 0. The van der Waals surface area contributed by atoms with E-state index >= 15 is 0 Å². The number of benzene rings is 4. The van der Waals surface area contributed by atoms with Gasteiger partial charge in [-0.2, -0.15) is 0 Å². The lowest BCUT2D eigenvalue weighted by atomic mass is 9.96. The van der Waals surface area contributed by atoms with Crippen LogP contribution in [0.5, 0.6) is 0 Å². The molecule has 7 nitrogen and oxygen atoms in total. The first-order valence-corrected chi connectivity index (χ1v) is 14.1. The smallest absolute Gasteiger partial charge is 0.250 e. The van der Waals surface area contributed by atoms with Gasteiger partial charge in [-0.3, -0.25) is 14.4 Å². The molecule has 4 aromatic carbocycles. The molecule has 0 saturated carbocycles. The summed E-state index contributed by atoms with van der Waals surface area (Å²) in [5, 5.41) is 2.50. The fourth-order valence-electron chi connectivity index (χ4n) is 5.73. The molecule has 1 saturated heterocycles. The molecule has 0 aromatic heterocycles. The predicted octanol–water partition coefficient (Wildman–Crippen LogP) is 4.91. The fraction of sp³-hybridized carbons (Fsp3) is 0.242. The van der Waals surface area contributed by atoms with Crippen LogP contribution in [-0.4, -0.2) is 46.1 Å². The summed E-state index contributed by atoms with van der Waals surface area (Å²) in [7, 11) is 0. The third kappa shape index (κ3) is 6.05. The number of hydrogen-bond donors (Lipinski definition) is 2. The van der Waals surface area contributed by atoms with Crippen molar-refractivity contribution in [2.45, 2.75) is 44.3 Å². The third-order valence-electron chi connectivity index (χ3n) is 7.84. The molecule has 1 aliphatic heterocycles. The highest BCUT2D eigenvalue weighted by molar-refractivity contribution is 6.30. The Morgan fingerprint density at radius 3 is 2.41 bits per heavy atom. The highest BCUT2D eigenvalue weighted by Crippen LogP contribution is 2.33. The molecule has 3 atom stereocenters. The summed E-state index contributed by atoms with van der Waals surface area (Å²) >= 11 is 6.36. The molecule has 5 rings (SSSR count). The summed E-state index contributed by atoms with van der Waals surface area (Å²) in [4.78, 5) is 44.5. The van der Waals surface area contributed by atoms with Crippen LogP contribution >= 0.6 is 11.6 Å². The standard InChI is InChI=1S/C33H33ClN4O3/c1-21-16-17-37(29(32(36)40)20-24-8-4-7-23-6-2-3-11-28(23)24)33(41)31(25-9-5-10-26(34)19-25)38(21)30(39)18-22-12-14-27(35)15-13-22/h2-15,19,21,29,31H,16-18,20,35H2,1H3,(H2,36,40)/t21-,29-,31+/m1/s1. The van der Waals surface area contributed by atoms with Gasteiger partial charge >= 0.3 is 0 Å². The van der Waals surface area contributed by atoms with Crippen LogP contribution in [0.4, 0.5) is 5.69 Å². The van der Waals surface area contributed by atoms with Crippen molar-refractivity contribution in [1.82, 2.24) is 9.80 Å². The van der Waals surface area contributed by atoms with Crippen LogP contribution in [0, 0.1) is 0 Å². The molecule has 1 aliphatic rings. The largest absolute Gasteiger partial charge is 0.399 e. The Morgan fingerprint density at radius 1 is 0.976 bits per heavy atom. The van der Waals surface area contributed by atoms with Crippen molar-refractivity contribution in [2.75, 3.05) is 12.3 Å². The van der Waals surface area contributed by atoms with Gasteiger partial charge in [0.2, 0.25) is 11.8 Å². The molecule has 3 amide bonds. The lowest BCUT2D eigenvalue weighted by Gasteiger charge is -2.36. The SMILES string of the molecule is C[C@@H]1CCN([C@H](Cc2cccc3ccccc23)C(N)=O)C(=O)[C@H](c2cccc(Cl)c2)N1C(=O)Cc1ccc(N)cc1. The Balaban J connectivity index is 1.53. The number of nitrogens with zero attached hydrogens (tertiary/aromatic N) is 2. The monoisotopic (exact) mass is 568 g/mol. The fourth-order valence-corrected chi connectivity index (χ4v) is 5.93. The van der Waals surface area contributed by atoms with Crippen LogP contribution in [-0.2, 0) is 27.2 Å². The Morgan fingerprint density at radius 2 is 1.68 bits per heavy atom. The number of rotatable bonds is 7. The normalized spacial score (nSPS) is 18.2. The number of anilines is 1. The molecule has 4 N–H and O–H groups in total. The Bertz CT molecular complexity index is 1580. The van der Waals surface area contributed by atoms with E-state index in [0.29, 0.717) is 22.7 Å². The van der Waals surface area contributed by atoms with Crippen LogP contribution in [0.1, 0.15) is 36.1 Å². The molecule has 0 radical (unpaired) electrons. The molecule has 8 heteroatoms. The topological polar surface area (TPSA) is 110 Å². The van der Waals surface area contributed by atoms with Crippen molar-refractivity contribution in [3.05, 3.63) is 113 Å². The van der Waals surface area contributed by atoms with E-state index in [1.54, 1.807) is 46.2 Å². The van der Waals surface area contributed by atoms with Crippen molar-refractivity contribution < 1.29 is 14.4 Å². The second-order valence-electron chi connectivity index (χ2n) is 10.6. The van der Waals surface area contributed by atoms with E-state index in [1.807, 2.05) is 61.5 Å². The van der Waals surface area contributed by atoms with Gasteiger partial charge in [0, 0.05) is 29.7 Å². The highest BCUT2D eigenvalue weighted by Gasteiger charge is 2.43. The summed E-state index contributed by atoms with van der Waals surface area (Å²) in [6.07, 6.45) is 0.846. The van der Waals surface area contributed by atoms with Gasteiger partial charge in [0.25, 0.3) is 5.91 Å². The number of carbonyl (C=O) groups excluding carboxylic acids is 3. The minimum Gasteiger partial charge on any atom is -0.399 e. The Kier molecular flexibility index (Phi) is 8.26. The second kappa shape index (κ2) is 12.0. The first kappa shape index (κ1) is 28.2. The maximum Gasteiger partial charge on any atom is 0.250 e. The number of nitrogen functional groups attached to an aromatic ring is 1. The van der Waals surface area contributed by atoms with Crippen LogP contribution in [0.2, 0.25) is 5.02 Å². The van der Waals surface area contributed by atoms with Crippen molar-refractivity contribution in [3.63, 3.8) is 0 Å². The summed E-state index contributed by atoms with van der Waals surface area (Å²) in [5.41, 5.74) is 14.7. The number of nitrogens with two attached hydrogens (primary N) is 2. The molecule has 41 heavy (non-hydrogen) atoms. The number of carbonyl (C=O) groups is 3. The number of fused-ring (bicyclic) bond motifs is 1. The van der Waals surface area contributed by atoms with Crippen molar-refractivity contribution in [1.29, 1.82) is 0 Å². The van der Waals surface area contributed by atoms with Gasteiger partial charge in [-0.25, -0.2) is 0 Å². The number of primary amides is 1. The molecule has 0 aliphatic carbocycles. The van der Waals surface area contributed by atoms with Crippen LogP contribution in [0.15, 0.2) is 91.0 Å². The van der Waals surface area contributed by atoms with Gasteiger partial charge < -0.3 is 21.3 Å². The lowest BCUT2D eigenvalue weighted by molar-refractivity contribution is -0.148. The van der Waals surface area contributed by atoms with E-state index in [0.717, 1.165) is 21.9 Å². The molecule has 0 bridgehead atoms. The first-order chi connectivity index (χ1) is 19.7. The zero-order chi connectivity index (χ0) is 29.1. The molecule has 1 fully saturated rings. The maximum absolute atomic E-state index is 14.5. The van der Waals surface area contributed by atoms with E-state index in [-0.39, 0.29) is 37.2 Å². The van der Waals surface area contributed by atoms with Gasteiger partial charge in [0.15, 0.2) is 0 Å². The van der Waals surface area contributed by atoms with E-state index < -0.39 is 18.0 Å². The number of hydrogen-bond acceptors (Lipinski definition) is 4. The minimum atomic E-state index is -0.971. The molecular formula is C33H33ClN4O3. The quantitative estimate of drug-likeness (QED) is 0.309. The number of amides is 3. The van der Waals surface area contributed by atoms with Gasteiger partial charge in [-0.15, -0.1) is 0 Å². The zero-order valence-corrected chi connectivity index (χ0v) is 23.6. The summed E-state index contributed by atoms with van der Waals surface area (Å²) in [6, 6.07) is 25.8. The predicted molar refractivity (Wildman–Crippen MR) is 162 cm³/mol. The average molecular weight is 569 g/mol. The van der Waals surface area contributed by atoms with Gasteiger partial charge in [0.1, 0.15) is 12.1 Å². The van der Waals surface area contributed by atoms with Crippen molar-refractivity contribution in [2.24, 2.45) is 5.73 Å². The van der Waals surface area contributed by atoms with Crippen molar-refractivity contribution in [3.8, 4) is 0 Å². The van der Waals surface area contributed by atoms with E-state index in [2.05, 4.69) is 0 Å². The Hall–Kier alpha value is -4.36. The minimum absolute atomic E-state index is 0.101. The molecule has 4 aromatic rings. The second-order valence-corrected chi connectivity index (χ2v) is 11.0. The lowest BCUT2D eigenvalue weighted by Crippen LogP contribution is -2.52. The average Bonchev–Trinajstić information content (AvgIpc) is 3.08. The van der Waals surface area contributed by atoms with Crippen LogP contribution in [0.3, 0.4) is 0 Å². The van der Waals surface area contributed by atoms with E-state index in [4.69, 9.17) is 23.1 Å². The van der Waals surface area contributed by atoms with Crippen LogP contribution in [0.25, 0.3) is 10.8 Å². The van der Waals surface area contributed by atoms with E-state index in [9.17, 15) is 14.4 Å². The first-order valence-electron chi connectivity index (χ1n) is 13.7. The third-order valence-corrected chi connectivity index (χ3v) is 8.08. The van der Waals surface area contributed by atoms with Gasteiger partial charge in [-0.05, 0) is 65.1 Å². The molecule has 210 valence electrons. The molecule has 1 heterocycles. The summed E-state index contributed by atoms with van der Waals surface area (Å²) in [6.45, 7) is 2.21. The van der Waals surface area contributed by atoms with Crippen molar-refractivity contribution >= 4 is 45.8 Å².